The third-order valence-corrected chi connectivity index (χ3v) is 5.38. The van der Waals surface area contributed by atoms with Crippen molar-refractivity contribution in [1.29, 1.82) is 0 Å². The number of benzene rings is 1. The molecule has 1 aromatic rings. The van der Waals surface area contributed by atoms with Crippen LogP contribution in [-0.2, 0) is 14.3 Å². The zero-order valence-corrected chi connectivity index (χ0v) is 16.4. The molecule has 0 aromatic heterocycles. The van der Waals surface area contributed by atoms with Crippen LogP contribution >= 0.6 is 0 Å². The van der Waals surface area contributed by atoms with Gasteiger partial charge in [-0.2, -0.15) is 0 Å². The normalized spacial score (nSPS) is 21.8. The number of anilines is 1. The quantitative estimate of drug-likeness (QED) is 0.716. The van der Waals surface area contributed by atoms with Crippen molar-refractivity contribution in [3.63, 3.8) is 0 Å². The summed E-state index contributed by atoms with van der Waals surface area (Å²) in [6.45, 7) is 7.62. The Labute approximate surface area is 161 Å². The summed E-state index contributed by atoms with van der Waals surface area (Å²) in [5.74, 6) is 0.127. The van der Waals surface area contributed by atoms with E-state index in [1.54, 1.807) is 6.92 Å². The van der Waals surface area contributed by atoms with Crippen LogP contribution in [0.2, 0.25) is 0 Å². The van der Waals surface area contributed by atoms with Crippen LogP contribution in [0.1, 0.15) is 43.5 Å². The lowest BCUT2D eigenvalue weighted by molar-refractivity contribution is -0.146. The van der Waals surface area contributed by atoms with Gasteiger partial charge in [-0.3, -0.25) is 9.59 Å². The van der Waals surface area contributed by atoms with Gasteiger partial charge in [0, 0.05) is 44.0 Å². The summed E-state index contributed by atoms with van der Waals surface area (Å²) in [6, 6.07) is 7.67. The van der Waals surface area contributed by atoms with Gasteiger partial charge in [-0.05, 0) is 57.4 Å². The Morgan fingerprint density at radius 3 is 2.44 bits per heavy atom. The fourth-order valence-electron chi connectivity index (χ4n) is 3.61. The molecule has 0 bridgehead atoms. The topological polar surface area (TPSA) is 59.1 Å². The molecule has 0 N–H and O–H groups in total. The first-order valence-corrected chi connectivity index (χ1v) is 9.92. The van der Waals surface area contributed by atoms with Crippen molar-refractivity contribution in [1.82, 2.24) is 4.90 Å². The van der Waals surface area contributed by atoms with Crippen molar-refractivity contribution in [2.45, 2.75) is 45.3 Å². The molecular formula is C21H30N2O4. The Kier molecular flexibility index (Phi) is 6.85. The number of hydrogen-bond donors (Lipinski definition) is 0. The van der Waals surface area contributed by atoms with Crippen LogP contribution < -0.4 is 4.90 Å². The minimum absolute atomic E-state index is 0.0531. The minimum atomic E-state index is -0.433. The van der Waals surface area contributed by atoms with Gasteiger partial charge in [0.05, 0.1) is 12.7 Å². The van der Waals surface area contributed by atoms with Crippen LogP contribution in [0.25, 0.3) is 0 Å². The first kappa shape index (κ1) is 19.8. The van der Waals surface area contributed by atoms with E-state index in [1.807, 2.05) is 36.1 Å². The molecule has 2 aliphatic heterocycles. The molecule has 2 fully saturated rings. The van der Waals surface area contributed by atoms with Gasteiger partial charge in [-0.15, -0.1) is 0 Å². The summed E-state index contributed by atoms with van der Waals surface area (Å²) in [5, 5.41) is 0. The van der Waals surface area contributed by atoms with Gasteiger partial charge < -0.3 is 19.3 Å². The number of carbonyl (C=O) groups is 2. The molecule has 2 saturated heterocycles. The van der Waals surface area contributed by atoms with Gasteiger partial charge in [-0.25, -0.2) is 0 Å². The van der Waals surface area contributed by atoms with E-state index in [0.717, 1.165) is 43.8 Å². The van der Waals surface area contributed by atoms with Gasteiger partial charge >= 0.3 is 0 Å². The smallest absolute Gasteiger partial charge is 0.251 e. The molecular weight excluding hydrogens is 344 g/mol. The second-order valence-electron chi connectivity index (χ2n) is 7.38. The average molecular weight is 374 g/mol. The number of amides is 1. The second kappa shape index (κ2) is 9.33. The zero-order chi connectivity index (χ0) is 19.2. The van der Waals surface area contributed by atoms with E-state index in [4.69, 9.17) is 9.47 Å². The first-order chi connectivity index (χ1) is 13.0. The van der Waals surface area contributed by atoms with Crippen LogP contribution in [0.4, 0.5) is 5.69 Å². The van der Waals surface area contributed by atoms with Gasteiger partial charge in [-0.1, -0.05) is 0 Å². The highest BCUT2D eigenvalue weighted by atomic mass is 16.5. The number of Topliss-reactive ketones (excluding diaryl/α,β-unsaturated/α-hetero) is 1. The Morgan fingerprint density at radius 1 is 1.15 bits per heavy atom. The fraction of sp³-hybridized carbons (Fsp3) is 0.619. The maximum absolute atomic E-state index is 12.6. The van der Waals surface area contributed by atoms with E-state index < -0.39 is 6.10 Å². The van der Waals surface area contributed by atoms with Crippen LogP contribution in [0.15, 0.2) is 24.3 Å². The Balaban J connectivity index is 1.44. The summed E-state index contributed by atoms with van der Waals surface area (Å²) in [5.41, 5.74) is 1.81. The summed E-state index contributed by atoms with van der Waals surface area (Å²) >= 11 is 0. The highest BCUT2D eigenvalue weighted by molar-refractivity contribution is 5.94. The maximum Gasteiger partial charge on any atom is 0.251 e. The fourth-order valence-corrected chi connectivity index (χ4v) is 3.61. The lowest BCUT2D eigenvalue weighted by Crippen LogP contribution is -2.51. The molecule has 2 heterocycles. The summed E-state index contributed by atoms with van der Waals surface area (Å²) in [7, 11) is 0. The van der Waals surface area contributed by atoms with Crippen molar-refractivity contribution >= 4 is 17.4 Å². The predicted molar refractivity (Wildman–Crippen MR) is 104 cm³/mol. The third-order valence-electron chi connectivity index (χ3n) is 5.38. The van der Waals surface area contributed by atoms with E-state index in [1.165, 1.54) is 6.42 Å². The number of piperazine rings is 1. The van der Waals surface area contributed by atoms with Crippen molar-refractivity contribution in [2.75, 3.05) is 44.3 Å². The lowest BCUT2D eigenvalue weighted by Gasteiger charge is -2.37. The molecule has 2 atom stereocenters. The number of rotatable bonds is 6. The van der Waals surface area contributed by atoms with Gasteiger partial charge in [0.15, 0.2) is 5.78 Å². The van der Waals surface area contributed by atoms with E-state index in [-0.39, 0.29) is 17.8 Å². The van der Waals surface area contributed by atoms with Gasteiger partial charge in [0.2, 0.25) is 0 Å². The van der Waals surface area contributed by atoms with Crippen LogP contribution in [-0.4, -0.2) is 68.2 Å². The lowest BCUT2D eigenvalue weighted by atomic mass is 10.1. The van der Waals surface area contributed by atoms with Crippen LogP contribution in [0, 0.1) is 0 Å². The van der Waals surface area contributed by atoms with Crippen LogP contribution in [0.5, 0.6) is 0 Å². The Hall–Kier alpha value is -1.92. The monoisotopic (exact) mass is 374 g/mol. The molecule has 6 nitrogen and oxygen atoms in total. The van der Waals surface area contributed by atoms with Crippen molar-refractivity contribution in [3.05, 3.63) is 29.8 Å². The summed E-state index contributed by atoms with van der Waals surface area (Å²) in [6.07, 6.45) is 3.00. The Bertz CT molecular complexity index is 632. The molecule has 0 saturated carbocycles. The number of hydrogen-bond acceptors (Lipinski definition) is 5. The average Bonchev–Trinajstić information content (AvgIpc) is 2.72. The SMILES string of the molecule is CC(=O)c1ccc(N2CCN(C(=O)C(C)OCC3CCCCO3)CC2)cc1. The Morgan fingerprint density at radius 2 is 1.85 bits per heavy atom. The van der Waals surface area contributed by atoms with E-state index >= 15 is 0 Å². The van der Waals surface area contributed by atoms with E-state index in [2.05, 4.69) is 4.90 Å². The standard InChI is InChI=1S/C21H30N2O4/c1-16(24)18-6-8-19(9-7-18)22-10-12-23(13-11-22)21(25)17(2)27-15-20-5-3-4-14-26-20/h6-9,17,20H,3-5,10-15H2,1-2H3. The van der Waals surface area contributed by atoms with Crippen molar-refractivity contribution in [2.24, 2.45) is 0 Å². The number of carbonyl (C=O) groups excluding carboxylic acids is 2. The third kappa shape index (κ3) is 5.30. The van der Waals surface area contributed by atoms with Crippen molar-refractivity contribution < 1.29 is 19.1 Å². The second-order valence-corrected chi connectivity index (χ2v) is 7.38. The summed E-state index contributed by atoms with van der Waals surface area (Å²) < 4.78 is 11.4. The summed E-state index contributed by atoms with van der Waals surface area (Å²) in [4.78, 5) is 28.2. The van der Waals surface area contributed by atoms with E-state index in [9.17, 15) is 9.59 Å². The molecule has 148 valence electrons. The molecule has 1 amide bonds. The molecule has 2 aliphatic rings. The molecule has 0 radical (unpaired) electrons. The molecule has 27 heavy (non-hydrogen) atoms. The molecule has 0 spiro atoms. The minimum Gasteiger partial charge on any atom is -0.376 e. The molecule has 2 unspecified atom stereocenters. The number of ketones is 1. The molecule has 0 aliphatic carbocycles. The molecule has 6 heteroatoms. The number of ether oxygens (including phenoxy) is 2. The number of nitrogens with zero attached hydrogens (tertiary/aromatic N) is 2. The van der Waals surface area contributed by atoms with Gasteiger partial charge in [0.25, 0.3) is 5.91 Å². The molecule has 3 rings (SSSR count). The molecule has 1 aromatic carbocycles. The zero-order valence-electron chi connectivity index (χ0n) is 16.4. The van der Waals surface area contributed by atoms with E-state index in [0.29, 0.717) is 19.7 Å². The first-order valence-electron chi connectivity index (χ1n) is 9.92. The van der Waals surface area contributed by atoms with Crippen LogP contribution in [0.3, 0.4) is 0 Å². The predicted octanol–water partition coefficient (Wildman–Crippen LogP) is 2.51. The largest absolute Gasteiger partial charge is 0.376 e. The highest BCUT2D eigenvalue weighted by Gasteiger charge is 2.26. The maximum atomic E-state index is 12.6. The van der Waals surface area contributed by atoms with Crippen molar-refractivity contribution in [3.8, 4) is 0 Å². The van der Waals surface area contributed by atoms with Gasteiger partial charge in [0.1, 0.15) is 6.10 Å². The highest BCUT2D eigenvalue weighted by Crippen LogP contribution is 2.19.